The van der Waals surface area contributed by atoms with Gasteiger partial charge in [0.2, 0.25) is 0 Å². The maximum Gasteiger partial charge on any atom is 0.132 e. The van der Waals surface area contributed by atoms with E-state index in [9.17, 15) is 5.26 Å². The molecule has 3 aromatic heterocycles. The summed E-state index contributed by atoms with van der Waals surface area (Å²) in [4.78, 5) is 9.32. The Kier molecular flexibility index (Phi) is 7.47. The predicted octanol–water partition coefficient (Wildman–Crippen LogP) is 12.5. The van der Waals surface area contributed by atoms with E-state index >= 15 is 0 Å². The average Bonchev–Trinajstić information content (AvgIpc) is 3.57. The maximum atomic E-state index is 9.78. The zero-order chi connectivity index (χ0) is 37.1. The molecule has 10 rings (SSSR count). The fourth-order valence-corrected chi connectivity index (χ4v) is 8.15. The summed E-state index contributed by atoms with van der Waals surface area (Å²) in [6.45, 7) is 4.54. The van der Waals surface area contributed by atoms with Gasteiger partial charge < -0.3 is 9.30 Å². The van der Waals surface area contributed by atoms with Crippen molar-refractivity contribution in [3.63, 3.8) is 0 Å². The van der Waals surface area contributed by atoms with E-state index in [0.717, 1.165) is 94.9 Å². The number of nitrogens with zero attached hydrogens (tertiary/aromatic N) is 4. The van der Waals surface area contributed by atoms with Crippen molar-refractivity contribution in [1.82, 2.24) is 14.5 Å². The van der Waals surface area contributed by atoms with Crippen molar-refractivity contribution in [2.75, 3.05) is 0 Å². The van der Waals surface area contributed by atoms with Crippen LogP contribution in [-0.2, 0) is 5.41 Å². The molecule has 6 aromatic carbocycles. The summed E-state index contributed by atoms with van der Waals surface area (Å²) < 4.78 is 9.12. The SMILES string of the molecule is CC1(C)c2ccc(-c3cc(-c4ccccn4)cc(-c4ccccn4)c3)cc2Oc2cc(-c3ccc4c(c3)c3cc(C#N)ccc3n4-c3ccccc3)ccc21. The monoisotopic (exact) mass is 706 g/mol. The Hall–Kier alpha value is -7.29. The third-order valence-corrected chi connectivity index (χ3v) is 11.0. The molecule has 0 bridgehead atoms. The molecule has 0 aliphatic carbocycles. The van der Waals surface area contributed by atoms with Crippen LogP contribution in [0.5, 0.6) is 11.5 Å². The lowest BCUT2D eigenvalue weighted by Gasteiger charge is -2.35. The molecule has 4 heterocycles. The lowest BCUT2D eigenvalue weighted by Crippen LogP contribution is -2.24. The first-order chi connectivity index (χ1) is 26.9. The van der Waals surface area contributed by atoms with Crippen molar-refractivity contribution in [3.05, 3.63) is 187 Å². The predicted molar refractivity (Wildman–Crippen MR) is 221 cm³/mol. The van der Waals surface area contributed by atoms with Crippen LogP contribution in [0.25, 0.3) is 72.3 Å². The molecule has 5 nitrogen and oxygen atoms in total. The Labute approximate surface area is 319 Å². The lowest BCUT2D eigenvalue weighted by atomic mass is 9.75. The van der Waals surface area contributed by atoms with E-state index in [-0.39, 0.29) is 5.41 Å². The summed E-state index contributed by atoms with van der Waals surface area (Å²) in [5, 5.41) is 11.9. The van der Waals surface area contributed by atoms with E-state index in [4.69, 9.17) is 4.74 Å². The van der Waals surface area contributed by atoms with Crippen LogP contribution in [0.4, 0.5) is 0 Å². The summed E-state index contributed by atoms with van der Waals surface area (Å²) in [6.07, 6.45) is 3.66. The number of aromatic nitrogens is 3. The smallest absolute Gasteiger partial charge is 0.132 e. The molecule has 1 aliphatic heterocycles. The van der Waals surface area contributed by atoms with Crippen molar-refractivity contribution >= 4 is 21.8 Å². The topological polar surface area (TPSA) is 63.7 Å². The highest BCUT2D eigenvalue weighted by Crippen LogP contribution is 2.50. The molecule has 260 valence electrons. The van der Waals surface area contributed by atoms with Crippen LogP contribution in [-0.4, -0.2) is 14.5 Å². The van der Waals surface area contributed by atoms with Crippen LogP contribution < -0.4 is 4.74 Å². The number of para-hydroxylation sites is 1. The van der Waals surface area contributed by atoms with Gasteiger partial charge in [0.05, 0.1) is 34.1 Å². The number of pyridine rings is 2. The second kappa shape index (κ2) is 12.7. The summed E-state index contributed by atoms with van der Waals surface area (Å²) in [5.74, 6) is 1.70. The lowest BCUT2D eigenvalue weighted by molar-refractivity contribution is 0.418. The number of ether oxygens (including phenoxy) is 1. The highest BCUT2D eigenvalue weighted by molar-refractivity contribution is 6.11. The van der Waals surface area contributed by atoms with Gasteiger partial charge in [0.15, 0.2) is 0 Å². The molecule has 0 unspecified atom stereocenters. The van der Waals surface area contributed by atoms with Gasteiger partial charge in [-0.3, -0.25) is 9.97 Å². The quantitative estimate of drug-likeness (QED) is 0.179. The number of hydrogen-bond donors (Lipinski definition) is 0. The van der Waals surface area contributed by atoms with Crippen molar-refractivity contribution in [2.45, 2.75) is 19.3 Å². The molecule has 0 saturated heterocycles. The first-order valence-corrected chi connectivity index (χ1v) is 18.4. The Morgan fingerprint density at radius 3 is 1.64 bits per heavy atom. The van der Waals surface area contributed by atoms with Crippen LogP contribution in [0.3, 0.4) is 0 Å². The molecule has 9 aromatic rings. The van der Waals surface area contributed by atoms with Crippen LogP contribution >= 0.6 is 0 Å². The molecule has 0 N–H and O–H groups in total. The molecule has 0 saturated carbocycles. The standard InChI is InChI=1S/C50H34N4O/c1-50(2)42-18-15-34(33-17-21-47-41(28-33)40-24-32(31-51)14-20-46(40)54(47)39-10-4-3-5-11-39)29-48(42)55-49-30-35(16-19-43(49)50)36-25-37(44-12-6-8-22-52-44)27-38(26-36)45-13-7-9-23-53-45/h3-30H,1-2H3. The summed E-state index contributed by atoms with van der Waals surface area (Å²) in [6, 6.07) is 57.0. The number of fused-ring (bicyclic) bond motifs is 5. The molecule has 5 heteroatoms. The Morgan fingerprint density at radius 1 is 0.509 bits per heavy atom. The summed E-state index contributed by atoms with van der Waals surface area (Å²) in [7, 11) is 0. The van der Waals surface area contributed by atoms with Crippen molar-refractivity contribution < 1.29 is 4.74 Å². The minimum Gasteiger partial charge on any atom is -0.457 e. The third kappa shape index (κ3) is 5.47. The van der Waals surface area contributed by atoms with E-state index < -0.39 is 0 Å². The maximum absolute atomic E-state index is 9.78. The zero-order valence-electron chi connectivity index (χ0n) is 30.4. The summed E-state index contributed by atoms with van der Waals surface area (Å²) in [5.41, 5.74) is 14.0. The first-order valence-electron chi connectivity index (χ1n) is 18.4. The molecule has 1 aliphatic rings. The van der Waals surface area contributed by atoms with Crippen LogP contribution in [0.2, 0.25) is 0 Å². The molecule has 0 amide bonds. The Bertz CT molecular complexity index is 2920. The van der Waals surface area contributed by atoms with Crippen LogP contribution in [0.15, 0.2) is 170 Å². The third-order valence-electron chi connectivity index (χ3n) is 11.0. The van der Waals surface area contributed by atoms with E-state index in [1.165, 1.54) is 0 Å². The van der Waals surface area contributed by atoms with Gasteiger partial charge in [-0.25, -0.2) is 0 Å². The fourth-order valence-electron chi connectivity index (χ4n) is 8.15. The van der Waals surface area contributed by atoms with Crippen molar-refractivity contribution in [2.24, 2.45) is 0 Å². The average molecular weight is 707 g/mol. The van der Waals surface area contributed by atoms with Gasteiger partial charge in [-0.2, -0.15) is 5.26 Å². The highest BCUT2D eigenvalue weighted by Gasteiger charge is 2.34. The normalized spacial score (nSPS) is 12.8. The van der Waals surface area contributed by atoms with Gasteiger partial charge in [-0.15, -0.1) is 0 Å². The van der Waals surface area contributed by atoms with Gasteiger partial charge in [-0.1, -0.05) is 74.5 Å². The van der Waals surface area contributed by atoms with E-state index in [0.29, 0.717) is 5.56 Å². The van der Waals surface area contributed by atoms with E-state index in [1.807, 2.05) is 67.0 Å². The van der Waals surface area contributed by atoms with Gasteiger partial charge in [0.1, 0.15) is 11.5 Å². The van der Waals surface area contributed by atoms with Gasteiger partial charge in [0, 0.05) is 56.5 Å². The molecule has 0 atom stereocenters. The zero-order valence-corrected chi connectivity index (χ0v) is 30.4. The minimum atomic E-state index is -0.282. The molecular formula is C50H34N4O. The minimum absolute atomic E-state index is 0.282. The summed E-state index contributed by atoms with van der Waals surface area (Å²) >= 11 is 0. The van der Waals surface area contributed by atoms with E-state index in [1.54, 1.807) is 0 Å². The van der Waals surface area contributed by atoms with Gasteiger partial charge >= 0.3 is 0 Å². The van der Waals surface area contributed by atoms with Crippen LogP contribution in [0.1, 0.15) is 30.5 Å². The molecule has 0 spiro atoms. The number of benzene rings is 6. The Morgan fingerprint density at radius 2 is 1.04 bits per heavy atom. The van der Waals surface area contributed by atoms with Crippen LogP contribution in [0, 0.1) is 11.3 Å². The molecule has 55 heavy (non-hydrogen) atoms. The van der Waals surface area contributed by atoms with Gasteiger partial charge in [0.25, 0.3) is 0 Å². The first kappa shape index (κ1) is 32.4. The molecular weight excluding hydrogens is 673 g/mol. The highest BCUT2D eigenvalue weighted by atomic mass is 16.5. The number of hydrogen-bond acceptors (Lipinski definition) is 4. The Balaban J connectivity index is 1.06. The van der Waals surface area contributed by atoms with Gasteiger partial charge in [-0.05, 0) is 119 Å². The van der Waals surface area contributed by atoms with E-state index in [2.05, 4.69) is 138 Å². The van der Waals surface area contributed by atoms with Crippen molar-refractivity contribution in [1.29, 1.82) is 5.26 Å². The number of rotatable bonds is 5. The molecule has 0 fully saturated rings. The largest absolute Gasteiger partial charge is 0.457 e. The second-order valence-electron chi connectivity index (χ2n) is 14.6. The van der Waals surface area contributed by atoms with Crippen molar-refractivity contribution in [3.8, 4) is 68.0 Å². The molecule has 0 radical (unpaired) electrons. The number of nitriles is 1. The fraction of sp³-hybridized carbons (Fsp3) is 0.0600. The second-order valence-corrected chi connectivity index (χ2v) is 14.6.